The zero-order valence-corrected chi connectivity index (χ0v) is 14.3. The Labute approximate surface area is 147 Å². The van der Waals surface area contributed by atoms with Gasteiger partial charge in [0.25, 0.3) is 0 Å². The Hall–Kier alpha value is -2.53. The van der Waals surface area contributed by atoms with Crippen LogP contribution < -0.4 is 0 Å². The van der Waals surface area contributed by atoms with Crippen LogP contribution in [-0.4, -0.2) is 54.6 Å². The molecule has 2 aliphatic heterocycles. The quantitative estimate of drug-likeness (QED) is 0.796. The molecule has 0 bridgehead atoms. The Balaban J connectivity index is 1.73. The molecule has 1 fully saturated rings. The molecular formula is C20H21FN4. The molecule has 0 amide bonds. The Morgan fingerprint density at radius 2 is 1.48 bits per heavy atom. The minimum absolute atomic E-state index is 0.230. The van der Waals surface area contributed by atoms with Gasteiger partial charge in [0.1, 0.15) is 11.7 Å². The van der Waals surface area contributed by atoms with Crippen LogP contribution in [0.3, 0.4) is 0 Å². The van der Waals surface area contributed by atoms with E-state index in [-0.39, 0.29) is 5.82 Å². The molecule has 2 heterocycles. The minimum Gasteiger partial charge on any atom is -0.357 e. The van der Waals surface area contributed by atoms with Crippen molar-refractivity contribution in [1.82, 2.24) is 9.80 Å². The topological polar surface area (TPSA) is 31.2 Å². The molecule has 0 unspecified atom stereocenters. The van der Waals surface area contributed by atoms with Gasteiger partial charge in [-0.3, -0.25) is 4.99 Å². The Morgan fingerprint density at radius 3 is 2.16 bits per heavy atom. The number of hydrogen-bond donors (Lipinski definition) is 0. The zero-order chi connectivity index (χ0) is 17.2. The van der Waals surface area contributed by atoms with E-state index in [0.29, 0.717) is 6.42 Å². The van der Waals surface area contributed by atoms with E-state index in [2.05, 4.69) is 16.8 Å². The maximum Gasteiger partial charge on any atom is 0.123 e. The SMILES string of the molecule is CN1CCN(C2=Nc3ccccc3N=C(c3ccc(F)cc3)C2)CC1. The van der Waals surface area contributed by atoms with Gasteiger partial charge in [0, 0.05) is 32.6 Å². The van der Waals surface area contributed by atoms with Crippen LogP contribution in [0.1, 0.15) is 12.0 Å². The summed E-state index contributed by atoms with van der Waals surface area (Å²) < 4.78 is 13.3. The van der Waals surface area contributed by atoms with Gasteiger partial charge in [-0.05, 0) is 36.9 Å². The summed E-state index contributed by atoms with van der Waals surface area (Å²) in [5, 5.41) is 0. The highest BCUT2D eigenvalue weighted by Gasteiger charge is 2.22. The lowest BCUT2D eigenvalue weighted by molar-refractivity contribution is 0.214. The van der Waals surface area contributed by atoms with Crippen LogP contribution in [0.4, 0.5) is 15.8 Å². The van der Waals surface area contributed by atoms with Gasteiger partial charge in [-0.25, -0.2) is 9.38 Å². The van der Waals surface area contributed by atoms with Gasteiger partial charge in [0.2, 0.25) is 0 Å². The number of rotatable bonds is 1. The first-order valence-corrected chi connectivity index (χ1v) is 8.62. The number of benzene rings is 2. The molecule has 0 aromatic heterocycles. The number of aliphatic imine (C=N–C) groups is 2. The molecule has 2 aliphatic rings. The molecule has 0 radical (unpaired) electrons. The van der Waals surface area contributed by atoms with Gasteiger partial charge in [-0.1, -0.05) is 24.3 Å². The highest BCUT2D eigenvalue weighted by Crippen LogP contribution is 2.32. The highest BCUT2D eigenvalue weighted by molar-refractivity contribution is 6.14. The van der Waals surface area contributed by atoms with Crippen molar-refractivity contribution < 1.29 is 4.39 Å². The molecule has 0 spiro atoms. The van der Waals surface area contributed by atoms with Gasteiger partial charge in [0.05, 0.1) is 17.1 Å². The Morgan fingerprint density at radius 1 is 0.840 bits per heavy atom. The average Bonchev–Trinajstić information content (AvgIpc) is 2.82. The average molecular weight is 336 g/mol. The maximum absolute atomic E-state index is 13.3. The summed E-state index contributed by atoms with van der Waals surface area (Å²) in [6.07, 6.45) is 0.657. The third-order valence-corrected chi connectivity index (χ3v) is 4.76. The second-order valence-corrected chi connectivity index (χ2v) is 6.55. The van der Waals surface area contributed by atoms with Crippen molar-refractivity contribution in [1.29, 1.82) is 0 Å². The lowest BCUT2D eigenvalue weighted by Crippen LogP contribution is -2.47. The molecule has 2 aromatic carbocycles. The number of hydrogen-bond acceptors (Lipinski definition) is 4. The fourth-order valence-electron chi connectivity index (χ4n) is 3.22. The summed E-state index contributed by atoms with van der Waals surface area (Å²) in [6.45, 7) is 4.00. The number of amidine groups is 1. The van der Waals surface area contributed by atoms with Crippen molar-refractivity contribution in [2.24, 2.45) is 9.98 Å². The predicted molar refractivity (Wildman–Crippen MR) is 99.8 cm³/mol. The fourth-order valence-corrected chi connectivity index (χ4v) is 3.22. The van der Waals surface area contributed by atoms with E-state index in [9.17, 15) is 4.39 Å². The number of halogens is 1. The maximum atomic E-state index is 13.3. The number of nitrogens with zero attached hydrogens (tertiary/aromatic N) is 4. The van der Waals surface area contributed by atoms with Gasteiger partial charge >= 0.3 is 0 Å². The molecule has 4 rings (SSSR count). The number of likely N-dealkylation sites (N-methyl/N-ethyl adjacent to an activating group) is 1. The van der Waals surface area contributed by atoms with Gasteiger partial charge in [-0.2, -0.15) is 0 Å². The first kappa shape index (κ1) is 16.0. The summed E-state index contributed by atoms with van der Waals surface area (Å²) in [4.78, 5) is 14.4. The standard InChI is InChI=1S/C20H21FN4/c1-24-10-12-25(13-11-24)20-14-19(15-6-8-16(21)9-7-15)22-17-4-2-3-5-18(17)23-20/h2-9H,10-14H2,1H3. The molecule has 25 heavy (non-hydrogen) atoms. The van der Waals surface area contributed by atoms with E-state index in [4.69, 9.17) is 9.98 Å². The second-order valence-electron chi connectivity index (χ2n) is 6.55. The Bertz CT molecular complexity index is 818. The summed E-state index contributed by atoms with van der Waals surface area (Å²) in [5.74, 6) is 0.812. The summed E-state index contributed by atoms with van der Waals surface area (Å²) in [5.41, 5.74) is 3.64. The van der Waals surface area contributed by atoms with Crippen molar-refractivity contribution in [3.8, 4) is 0 Å². The molecule has 4 nitrogen and oxygen atoms in total. The van der Waals surface area contributed by atoms with Crippen molar-refractivity contribution in [2.45, 2.75) is 6.42 Å². The predicted octanol–water partition coefficient (Wildman–Crippen LogP) is 3.63. The van der Waals surface area contributed by atoms with Crippen LogP contribution >= 0.6 is 0 Å². The Kier molecular flexibility index (Phi) is 4.32. The van der Waals surface area contributed by atoms with Gasteiger partial charge < -0.3 is 9.80 Å². The molecule has 2 aromatic rings. The fraction of sp³-hybridized carbons (Fsp3) is 0.300. The normalized spacial score (nSPS) is 18.2. The zero-order valence-electron chi connectivity index (χ0n) is 14.3. The lowest BCUT2D eigenvalue weighted by atomic mass is 10.1. The monoisotopic (exact) mass is 336 g/mol. The first-order chi connectivity index (χ1) is 12.2. The summed E-state index contributed by atoms with van der Waals surface area (Å²) in [7, 11) is 2.15. The van der Waals surface area contributed by atoms with Crippen molar-refractivity contribution in [3.63, 3.8) is 0 Å². The number of para-hydroxylation sites is 2. The molecule has 0 N–H and O–H groups in total. The van der Waals surface area contributed by atoms with Crippen molar-refractivity contribution in [3.05, 3.63) is 59.9 Å². The first-order valence-electron chi connectivity index (χ1n) is 8.62. The van der Waals surface area contributed by atoms with Crippen LogP contribution in [0, 0.1) is 5.82 Å². The van der Waals surface area contributed by atoms with E-state index in [0.717, 1.165) is 54.7 Å². The van der Waals surface area contributed by atoms with Crippen LogP contribution in [0.15, 0.2) is 58.5 Å². The molecule has 0 aliphatic carbocycles. The lowest BCUT2D eigenvalue weighted by Gasteiger charge is -2.34. The van der Waals surface area contributed by atoms with Crippen LogP contribution in [-0.2, 0) is 0 Å². The molecule has 1 saturated heterocycles. The minimum atomic E-state index is -0.230. The van der Waals surface area contributed by atoms with Crippen molar-refractivity contribution in [2.75, 3.05) is 33.2 Å². The van der Waals surface area contributed by atoms with E-state index in [1.807, 2.05) is 24.3 Å². The van der Waals surface area contributed by atoms with Crippen molar-refractivity contribution >= 4 is 22.9 Å². The van der Waals surface area contributed by atoms with E-state index in [1.165, 1.54) is 12.1 Å². The third kappa shape index (κ3) is 3.46. The van der Waals surface area contributed by atoms with E-state index >= 15 is 0 Å². The molecular weight excluding hydrogens is 315 g/mol. The van der Waals surface area contributed by atoms with Crippen LogP contribution in [0.2, 0.25) is 0 Å². The van der Waals surface area contributed by atoms with Crippen LogP contribution in [0.5, 0.6) is 0 Å². The largest absolute Gasteiger partial charge is 0.357 e. The smallest absolute Gasteiger partial charge is 0.123 e. The number of piperazine rings is 1. The molecule has 0 saturated carbocycles. The summed E-state index contributed by atoms with van der Waals surface area (Å²) >= 11 is 0. The van der Waals surface area contributed by atoms with Gasteiger partial charge in [-0.15, -0.1) is 0 Å². The van der Waals surface area contributed by atoms with E-state index in [1.54, 1.807) is 12.1 Å². The van der Waals surface area contributed by atoms with E-state index < -0.39 is 0 Å². The third-order valence-electron chi connectivity index (χ3n) is 4.76. The number of fused-ring (bicyclic) bond motifs is 1. The van der Waals surface area contributed by atoms with Crippen LogP contribution in [0.25, 0.3) is 0 Å². The molecule has 0 atom stereocenters. The van der Waals surface area contributed by atoms with Gasteiger partial charge in [0.15, 0.2) is 0 Å². The second kappa shape index (κ2) is 6.76. The molecule has 5 heteroatoms. The molecule has 128 valence electrons. The highest BCUT2D eigenvalue weighted by atomic mass is 19.1. The summed E-state index contributed by atoms with van der Waals surface area (Å²) in [6, 6.07) is 14.5.